The number of nitrogens with zero attached hydrogens (tertiary/aromatic N) is 2. The summed E-state index contributed by atoms with van der Waals surface area (Å²) in [6.07, 6.45) is 4.09. The van der Waals surface area contributed by atoms with Gasteiger partial charge in [-0.3, -0.25) is 4.90 Å². The van der Waals surface area contributed by atoms with E-state index in [0.717, 1.165) is 19.0 Å². The molecular weight excluding hydrogens is 218 g/mol. The molecule has 1 unspecified atom stereocenters. The van der Waals surface area contributed by atoms with E-state index in [2.05, 4.69) is 23.9 Å². The topological polar surface area (TPSA) is 42.2 Å². The average molecular weight is 239 g/mol. The van der Waals surface area contributed by atoms with E-state index in [4.69, 9.17) is 5.73 Å². The Bertz CT molecular complexity index is 333. The van der Waals surface area contributed by atoms with Crippen LogP contribution in [0, 0.1) is 12.8 Å². The van der Waals surface area contributed by atoms with Gasteiger partial charge in [-0.1, -0.05) is 6.42 Å². The Labute approximate surface area is 102 Å². The number of nitrogens with two attached hydrogens (primary N) is 1. The largest absolute Gasteiger partial charge is 0.329 e. The second kappa shape index (κ2) is 5.25. The fourth-order valence-electron chi connectivity index (χ4n) is 2.38. The van der Waals surface area contributed by atoms with Gasteiger partial charge in [0.25, 0.3) is 0 Å². The third kappa shape index (κ3) is 2.44. The summed E-state index contributed by atoms with van der Waals surface area (Å²) in [5.41, 5.74) is 8.99. The van der Waals surface area contributed by atoms with Gasteiger partial charge in [0.2, 0.25) is 0 Å². The van der Waals surface area contributed by atoms with Crippen molar-refractivity contribution in [3.05, 3.63) is 16.1 Å². The lowest BCUT2D eigenvalue weighted by molar-refractivity contribution is 0.119. The summed E-state index contributed by atoms with van der Waals surface area (Å²) in [5.74, 6) is 0.822. The third-order valence-corrected chi connectivity index (χ3v) is 4.66. The first-order chi connectivity index (χ1) is 7.72. The number of aryl methyl sites for hydroxylation is 1. The minimum absolute atomic E-state index is 0.551. The quantitative estimate of drug-likeness (QED) is 0.854. The maximum atomic E-state index is 5.90. The summed E-state index contributed by atoms with van der Waals surface area (Å²) in [6, 6.07) is 0.551. The Morgan fingerprint density at radius 3 is 2.81 bits per heavy atom. The first-order valence-corrected chi connectivity index (χ1v) is 6.89. The summed E-state index contributed by atoms with van der Waals surface area (Å²) >= 11 is 1.75. The maximum Gasteiger partial charge on any atom is 0.0798 e. The minimum Gasteiger partial charge on any atom is -0.329 e. The monoisotopic (exact) mass is 239 g/mol. The summed E-state index contributed by atoms with van der Waals surface area (Å²) in [5, 5.41) is 0. The summed E-state index contributed by atoms with van der Waals surface area (Å²) in [7, 11) is 2.19. The van der Waals surface area contributed by atoms with Crippen molar-refractivity contribution in [3.63, 3.8) is 0 Å². The smallest absolute Gasteiger partial charge is 0.0798 e. The lowest BCUT2D eigenvalue weighted by Crippen LogP contribution is -2.45. The van der Waals surface area contributed by atoms with Gasteiger partial charge in [-0.2, -0.15) is 0 Å². The van der Waals surface area contributed by atoms with Crippen molar-refractivity contribution in [1.29, 1.82) is 0 Å². The van der Waals surface area contributed by atoms with E-state index in [1.54, 1.807) is 11.3 Å². The summed E-state index contributed by atoms with van der Waals surface area (Å²) in [6.45, 7) is 3.86. The van der Waals surface area contributed by atoms with E-state index in [1.165, 1.54) is 29.8 Å². The lowest BCUT2D eigenvalue weighted by atomic mass is 9.79. The second-order valence-corrected chi connectivity index (χ2v) is 5.71. The molecule has 1 aliphatic rings. The van der Waals surface area contributed by atoms with Crippen molar-refractivity contribution in [2.45, 2.75) is 38.8 Å². The zero-order valence-corrected chi connectivity index (χ0v) is 11.0. The van der Waals surface area contributed by atoms with E-state index in [0.29, 0.717) is 6.04 Å². The van der Waals surface area contributed by atoms with Crippen LogP contribution >= 0.6 is 11.3 Å². The van der Waals surface area contributed by atoms with Crippen molar-refractivity contribution in [3.8, 4) is 0 Å². The fourth-order valence-corrected chi connectivity index (χ4v) is 3.22. The molecule has 0 amide bonds. The lowest BCUT2D eigenvalue weighted by Gasteiger charge is -2.38. The molecule has 1 aromatic rings. The van der Waals surface area contributed by atoms with Crippen molar-refractivity contribution < 1.29 is 0 Å². The van der Waals surface area contributed by atoms with Crippen molar-refractivity contribution in [2.75, 3.05) is 13.6 Å². The molecule has 2 rings (SSSR count). The van der Waals surface area contributed by atoms with Crippen LogP contribution in [0.15, 0.2) is 5.51 Å². The van der Waals surface area contributed by atoms with Gasteiger partial charge in [-0.25, -0.2) is 4.98 Å². The Balaban J connectivity index is 1.95. The number of thiazole rings is 1. The predicted octanol–water partition coefficient (Wildman–Crippen LogP) is 2.01. The third-order valence-electron chi connectivity index (χ3n) is 3.74. The van der Waals surface area contributed by atoms with Crippen LogP contribution in [-0.4, -0.2) is 29.5 Å². The normalized spacial score (nSPS) is 18.8. The molecular formula is C12H21N3S. The molecule has 0 aliphatic heterocycles. The molecule has 4 heteroatoms. The number of likely N-dealkylation sites (N-methyl/N-ethyl adjacent to an activating group) is 1. The highest BCUT2D eigenvalue weighted by atomic mass is 32.1. The standard InChI is InChI=1S/C12H21N3S/c1-9-12(16-8-14-9)7-15(2)11(6-13)10-4-3-5-10/h8,10-11H,3-7,13H2,1-2H3. The highest BCUT2D eigenvalue weighted by Crippen LogP contribution is 2.32. The molecule has 0 bridgehead atoms. The Hall–Kier alpha value is -0.450. The molecule has 1 heterocycles. The van der Waals surface area contributed by atoms with E-state index in [-0.39, 0.29) is 0 Å². The molecule has 3 nitrogen and oxygen atoms in total. The van der Waals surface area contributed by atoms with Crippen molar-refractivity contribution >= 4 is 11.3 Å². The van der Waals surface area contributed by atoms with E-state index in [1.807, 2.05) is 5.51 Å². The first kappa shape index (κ1) is 12.0. The molecule has 16 heavy (non-hydrogen) atoms. The maximum absolute atomic E-state index is 5.90. The fraction of sp³-hybridized carbons (Fsp3) is 0.750. The van der Waals surface area contributed by atoms with Crippen LogP contribution in [0.4, 0.5) is 0 Å². The number of hydrogen-bond acceptors (Lipinski definition) is 4. The Morgan fingerprint density at radius 2 is 2.38 bits per heavy atom. The Morgan fingerprint density at radius 1 is 1.62 bits per heavy atom. The minimum atomic E-state index is 0.551. The van der Waals surface area contributed by atoms with Crippen LogP contribution in [0.25, 0.3) is 0 Å². The van der Waals surface area contributed by atoms with Crippen LogP contribution < -0.4 is 5.73 Å². The van der Waals surface area contributed by atoms with Crippen LogP contribution in [0.1, 0.15) is 29.8 Å². The molecule has 0 radical (unpaired) electrons. The van der Waals surface area contributed by atoms with Gasteiger partial charge in [0.05, 0.1) is 11.2 Å². The van der Waals surface area contributed by atoms with Gasteiger partial charge in [0, 0.05) is 24.0 Å². The van der Waals surface area contributed by atoms with Gasteiger partial charge in [-0.15, -0.1) is 11.3 Å². The SMILES string of the molecule is Cc1ncsc1CN(C)C(CN)C1CCC1. The highest BCUT2D eigenvalue weighted by Gasteiger charge is 2.29. The van der Waals surface area contributed by atoms with Crippen LogP contribution in [-0.2, 0) is 6.54 Å². The first-order valence-electron chi connectivity index (χ1n) is 6.01. The second-order valence-electron chi connectivity index (χ2n) is 4.77. The summed E-state index contributed by atoms with van der Waals surface area (Å²) < 4.78 is 0. The molecule has 90 valence electrons. The Kier molecular flexibility index (Phi) is 3.95. The number of aromatic nitrogens is 1. The van der Waals surface area contributed by atoms with Crippen molar-refractivity contribution in [2.24, 2.45) is 11.7 Å². The van der Waals surface area contributed by atoms with Gasteiger partial charge in [-0.05, 0) is 32.7 Å². The molecule has 1 fully saturated rings. The number of hydrogen-bond donors (Lipinski definition) is 1. The predicted molar refractivity (Wildman–Crippen MR) is 68.5 cm³/mol. The molecule has 1 saturated carbocycles. The molecule has 0 saturated heterocycles. The van der Waals surface area contributed by atoms with Gasteiger partial charge in [0.1, 0.15) is 0 Å². The van der Waals surface area contributed by atoms with Gasteiger partial charge < -0.3 is 5.73 Å². The zero-order chi connectivity index (χ0) is 11.5. The molecule has 1 atom stereocenters. The number of rotatable bonds is 5. The zero-order valence-electron chi connectivity index (χ0n) is 10.1. The van der Waals surface area contributed by atoms with Gasteiger partial charge in [0.15, 0.2) is 0 Å². The van der Waals surface area contributed by atoms with E-state index >= 15 is 0 Å². The van der Waals surface area contributed by atoms with Crippen molar-refractivity contribution in [1.82, 2.24) is 9.88 Å². The van der Waals surface area contributed by atoms with Crippen LogP contribution in [0.3, 0.4) is 0 Å². The average Bonchev–Trinajstić information content (AvgIpc) is 2.57. The highest BCUT2D eigenvalue weighted by molar-refractivity contribution is 7.09. The molecule has 1 aliphatic carbocycles. The molecule has 2 N–H and O–H groups in total. The van der Waals surface area contributed by atoms with E-state index in [9.17, 15) is 0 Å². The molecule has 0 spiro atoms. The van der Waals surface area contributed by atoms with Gasteiger partial charge >= 0.3 is 0 Å². The molecule has 1 aromatic heterocycles. The van der Waals surface area contributed by atoms with Crippen LogP contribution in [0.5, 0.6) is 0 Å². The molecule has 0 aromatic carbocycles. The van der Waals surface area contributed by atoms with E-state index < -0.39 is 0 Å². The van der Waals surface area contributed by atoms with Crippen LogP contribution in [0.2, 0.25) is 0 Å². The summed E-state index contributed by atoms with van der Waals surface area (Å²) in [4.78, 5) is 8.08.